The van der Waals surface area contributed by atoms with Crippen LogP contribution in [0.5, 0.6) is 5.75 Å². The van der Waals surface area contributed by atoms with Crippen LogP contribution >= 0.6 is 11.6 Å². The van der Waals surface area contributed by atoms with Crippen molar-refractivity contribution in [1.29, 1.82) is 0 Å². The van der Waals surface area contributed by atoms with E-state index >= 15 is 0 Å². The molecule has 0 spiro atoms. The van der Waals surface area contributed by atoms with Gasteiger partial charge in [-0.1, -0.05) is 18.5 Å². The third-order valence-corrected chi connectivity index (χ3v) is 3.52. The van der Waals surface area contributed by atoms with Crippen molar-refractivity contribution in [2.24, 2.45) is 7.05 Å². The molecule has 1 unspecified atom stereocenters. The van der Waals surface area contributed by atoms with Crippen LogP contribution in [0.25, 0.3) is 0 Å². The molecule has 0 saturated heterocycles. The molecule has 4 nitrogen and oxygen atoms in total. The smallest absolute Gasteiger partial charge is 0.125 e. The molecule has 1 heterocycles. The quantitative estimate of drug-likeness (QED) is 0.890. The van der Waals surface area contributed by atoms with Crippen molar-refractivity contribution in [3.8, 4) is 5.75 Å². The van der Waals surface area contributed by atoms with Crippen LogP contribution in [0.1, 0.15) is 24.4 Å². The normalized spacial score (nSPS) is 12.4. The highest BCUT2D eigenvalue weighted by Crippen LogP contribution is 2.27. The number of aryl methyl sites for hydroxylation is 1. The number of benzene rings is 1. The largest absolute Gasteiger partial charge is 0.496 e. The SMILES string of the molecule is CCNC(Cc1cc(Cl)ccc1OC)c1nccn1C. The van der Waals surface area contributed by atoms with Gasteiger partial charge in [0, 0.05) is 24.5 Å². The number of halogens is 1. The number of nitrogens with zero attached hydrogens (tertiary/aromatic N) is 2. The summed E-state index contributed by atoms with van der Waals surface area (Å²) in [6.45, 7) is 2.96. The van der Waals surface area contributed by atoms with Crippen molar-refractivity contribution >= 4 is 11.6 Å². The lowest BCUT2D eigenvalue weighted by molar-refractivity contribution is 0.404. The highest BCUT2D eigenvalue weighted by Gasteiger charge is 2.17. The molecule has 1 aromatic carbocycles. The number of nitrogens with one attached hydrogen (secondary N) is 1. The zero-order valence-electron chi connectivity index (χ0n) is 12.1. The number of rotatable bonds is 6. The Hall–Kier alpha value is -1.52. The predicted octanol–water partition coefficient (Wildman–Crippen LogP) is 2.98. The van der Waals surface area contributed by atoms with E-state index in [1.165, 1.54) is 0 Å². The van der Waals surface area contributed by atoms with Gasteiger partial charge in [-0.15, -0.1) is 0 Å². The maximum atomic E-state index is 6.09. The second-order valence-electron chi connectivity index (χ2n) is 4.67. The van der Waals surface area contributed by atoms with Crippen LogP contribution in [0, 0.1) is 0 Å². The van der Waals surface area contributed by atoms with Gasteiger partial charge in [-0.25, -0.2) is 4.98 Å². The van der Waals surface area contributed by atoms with Crippen LogP contribution in [-0.2, 0) is 13.5 Å². The van der Waals surface area contributed by atoms with Gasteiger partial charge in [-0.2, -0.15) is 0 Å². The van der Waals surface area contributed by atoms with Crippen molar-refractivity contribution in [3.63, 3.8) is 0 Å². The van der Waals surface area contributed by atoms with Crippen molar-refractivity contribution in [1.82, 2.24) is 14.9 Å². The summed E-state index contributed by atoms with van der Waals surface area (Å²) < 4.78 is 7.45. The Morgan fingerprint density at radius 1 is 1.45 bits per heavy atom. The molecule has 0 radical (unpaired) electrons. The van der Waals surface area contributed by atoms with E-state index in [1.807, 2.05) is 42.2 Å². The molecule has 0 aliphatic rings. The van der Waals surface area contributed by atoms with E-state index in [0.29, 0.717) is 0 Å². The van der Waals surface area contributed by atoms with Gasteiger partial charge in [0.15, 0.2) is 0 Å². The Balaban J connectivity index is 2.29. The Morgan fingerprint density at radius 2 is 2.25 bits per heavy atom. The second kappa shape index (κ2) is 6.77. The predicted molar refractivity (Wildman–Crippen MR) is 81.3 cm³/mol. The van der Waals surface area contributed by atoms with E-state index in [1.54, 1.807) is 7.11 Å². The number of hydrogen-bond acceptors (Lipinski definition) is 3. The Morgan fingerprint density at radius 3 is 2.85 bits per heavy atom. The number of methoxy groups -OCH3 is 1. The lowest BCUT2D eigenvalue weighted by Crippen LogP contribution is -2.25. The molecule has 0 saturated carbocycles. The van der Waals surface area contributed by atoms with Crippen molar-refractivity contribution in [3.05, 3.63) is 47.0 Å². The Kier molecular flexibility index (Phi) is 5.04. The molecular formula is C15H20ClN3O. The monoisotopic (exact) mass is 293 g/mol. The molecule has 0 aliphatic heterocycles. The highest BCUT2D eigenvalue weighted by molar-refractivity contribution is 6.30. The second-order valence-corrected chi connectivity index (χ2v) is 5.10. The molecule has 2 rings (SSSR count). The zero-order chi connectivity index (χ0) is 14.5. The molecule has 1 atom stereocenters. The summed E-state index contributed by atoms with van der Waals surface area (Å²) in [5, 5.41) is 4.18. The fraction of sp³-hybridized carbons (Fsp3) is 0.400. The summed E-state index contributed by atoms with van der Waals surface area (Å²) in [7, 11) is 3.68. The van der Waals surface area contributed by atoms with Crippen molar-refractivity contribution < 1.29 is 4.74 Å². The molecule has 5 heteroatoms. The van der Waals surface area contributed by atoms with Crippen LogP contribution in [0.4, 0.5) is 0 Å². The fourth-order valence-corrected chi connectivity index (χ4v) is 2.54. The van der Waals surface area contributed by atoms with Crippen molar-refractivity contribution in [2.75, 3.05) is 13.7 Å². The van der Waals surface area contributed by atoms with Crippen LogP contribution < -0.4 is 10.1 Å². The van der Waals surface area contributed by atoms with E-state index in [0.717, 1.165) is 35.1 Å². The van der Waals surface area contributed by atoms with Crippen LogP contribution in [0.3, 0.4) is 0 Å². The molecular weight excluding hydrogens is 274 g/mol. The Bertz CT molecular complexity index is 568. The van der Waals surface area contributed by atoms with E-state index in [-0.39, 0.29) is 6.04 Å². The minimum atomic E-state index is 0.132. The summed E-state index contributed by atoms with van der Waals surface area (Å²) in [5.41, 5.74) is 1.08. The average Bonchev–Trinajstić information content (AvgIpc) is 2.85. The average molecular weight is 294 g/mol. The first-order valence-corrected chi connectivity index (χ1v) is 7.06. The van der Waals surface area contributed by atoms with Crippen LogP contribution in [-0.4, -0.2) is 23.2 Å². The van der Waals surface area contributed by atoms with Crippen LogP contribution in [0.15, 0.2) is 30.6 Å². The molecule has 0 fully saturated rings. The molecule has 0 aliphatic carbocycles. The number of aromatic nitrogens is 2. The summed E-state index contributed by atoms with van der Waals surface area (Å²) in [4.78, 5) is 4.44. The minimum absolute atomic E-state index is 0.132. The Labute approximate surface area is 124 Å². The molecule has 0 amide bonds. The van der Waals surface area contributed by atoms with Gasteiger partial charge >= 0.3 is 0 Å². The maximum Gasteiger partial charge on any atom is 0.125 e. The molecule has 1 N–H and O–H groups in total. The van der Waals surface area contributed by atoms with Gasteiger partial charge in [-0.05, 0) is 36.7 Å². The van der Waals surface area contributed by atoms with E-state index in [2.05, 4.69) is 17.2 Å². The molecule has 1 aromatic heterocycles. The van der Waals surface area contributed by atoms with E-state index in [9.17, 15) is 0 Å². The summed E-state index contributed by atoms with van der Waals surface area (Å²) in [6, 6.07) is 5.83. The van der Waals surface area contributed by atoms with Gasteiger partial charge in [0.1, 0.15) is 11.6 Å². The summed E-state index contributed by atoms with van der Waals surface area (Å²) in [6.07, 6.45) is 4.55. The summed E-state index contributed by atoms with van der Waals surface area (Å²) in [5.74, 6) is 1.86. The van der Waals surface area contributed by atoms with Gasteiger partial charge in [0.05, 0.1) is 13.2 Å². The minimum Gasteiger partial charge on any atom is -0.496 e. The van der Waals surface area contributed by atoms with Gasteiger partial charge in [-0.3, -0.25) is 0 Å². The third kappa shape index (κ3) is 3.32. The van der Waals surface area contributed by atoms with Gasteiger partial charge in [0.25, 0.3) is 0 Å². The summed E-state index contributed by atoms with van der Waals surface area (Å²) >= 11 is 6.09. The zero-order valence-corrected chi connectivity index (χ0v) is 12.8. The first-order chi connectivity index (χ1) is 9.65. The topological polar surface area (TPSA) is 39.1 Å². The lowest BCUT2D eigenvalue weighted by atomic mass is 10.0. The standard InChI is InChI=1S/C15H20ClN3O/c1-4-17-13(15-18-7-8-19(15)2)10-11-9-12(16)5-6-14(11)20-3/h5-9,13,17H,4,10H2,1-3H3. The first kappa shape index (κ1) is 14.9. The maximum absolute atomic E-state index is 6.09. The number of hydrogen-bond donors (Lipinski definition) is 1. The lowest BCUT2D eigenvalue weighted by Gasteiger charge is -2.19. The molecule has 0 bridgehead atoms. The molecule has 2 aromatic rings. The van der Waals surface area contributed by atoms with E-state index in [4.69, 9.17) is 16.3 Å². The number of likely N-dealkylation sites (N-methyl/N-ethyl adjacent to an activating group) is 1. The third-order valence-electron chi connectivity index (χ3n) is 3.29. The highest BCUT2D eigenvalue weighted by atomic mass is 35.5. The number of ether oxygens (including phenoxy) is 1. The molecule has 108 valence electrons. The number of imidazole rings is 1. The first-order valence-electron chi connectivity index (χ1n) is 6.68. The fourth-order valence-electron chi connectivity index (χ4n) is 2.34. The van der Waals surface area contributed by atoms with E-state index < -0.39 is 0 Å². The van der Waals surface area contributed by atoms with Crippen LogP contribution in [0.2, 0.25) is 5.02 Å². The van der Waals surface area contributed by atoms with Gasteiger partial charge < -0.3 is 14.6 Å². The molecule has 20 heavy (non-hydrogen) atoms. The van der Waals surface area contributed by atoms with Crippen molar-refractivity contribution in [2.45, 2.75) is 19.4 Å². The van der Waals surface area contributed by atoms with Gasteiger partial charge in [0.2, 0.25) is 0 Å².